The highest BCUT2D eigenvalue weighted by Crippen LogP contribution is 1.86. The van der Waals surface area contributed by atoms with Crippen molar-refractivity contribution in [1.82, 2.24) is 10.2 Å². The summed E-state index contributed by atoms with van der Waals surface area (Å²) in [5.41, 5.74) is 0. The molecule has 0 aliphatic rings. The van der Waals surface area contributed by atoms with Crippen molar-refractivity contribution >= 4 is 17.8 Å². The van der Waals surface area contributed by atoms with Gasteiger partial charge in [0.2, 0.25) is 11.8 Å². The van der Waals surface area contributed by atoms with E-state index in [0.29, 0.717) is 0 Å². The predicted molar refractivity (Wildman–Crippen MR) is 50.0 cm³/mol. The van der Waals surface area contributed by atoms with Crippen molar-refractivity contribution in [2.24, 2.45) is 0 Å². The summed E-state index contributed by atoms with van der Waals surface area (Å²) < 4.78 is 0. The van der Waals surface area contributed by atoms with Gasteiger partial charge in [0.25, 0.3) is 0 Å². The number of nitrogens with one attached hydrogen (secondary N) is 1. The second kappa shape index (κ2) is 5.97. The summed E-state index contributed by atoms with van der Waals surface area (Å²) in [5.74, 6) is -2.26. The maximum Gasteiger partial charge on any atom is 0.328 e. The number of likely N-dealkylation sites (N-methyl/N-ethyl adjacent to an activating group) is 1. The summed E-state index contributed by atoms with van der Waals surface area (Å²) in [6.45, 7) is 0.359. The molecule has 2 amide bonds. The van der Waals surface area contributed by atoms with Gasteiger partial charge in [-0.2, -0.15) is 0 Å². The number of carbonyl (C=O) groups excluding carboxylic acids is 2. The summed E-state index contributed by atoms with van der Waals surface area (Å²) in [5, 5.41) is 19.2. The number of rotatable bonds is 5. The fourth-order valence-electron chi connectivity index (χ4n) is 0.752. The van der Waals surface area contributed by atoms with Gasteiger partial charge in [-0.3, -0.25) is 9.59 Å². The Morgan fingerprint density at radius 1 is 1.40 bits per heavy atom. The van der Waals surface area contributed by atoms with Crippen LogP contribution in [0.15, 0.2) is 0 Å². The van der Waals surface area contributed by atoms with Crippen molar-refractivity contribution in [3.8, 4) is 0 Å². The highest BCUT2D eigenvalue weighted by Gasteiger charge is 2.19. The molecule has 0 fully saturated rings. The summed E-state index contributed by atoms with van der Waals surface area (Å²) in [7, 11) is 1.41. The third kappa shape index (κ3) is 4.96. The fraction of sp³-hybridized carbons (Fsp3) is 0.625. The van der Waals surface area contributed by atoms with Gasteiger partial charge in [0, 0.05) is 14.0 Å². The fourth-order valence-corrected chi connectivity index (χ4v) is 0.752. The van der Waals surface area contributed by atoms with Gasteiger partial charge in [-0.1, -0.05) is 0 Å². The number of nitrogens with zero attached hydrogens (tertiary/aromatic N) is 1. The van der Waals surface area contributed by atoms with Crippen LogP contribution in [0.1, 0.15) is 6.92 Å². The Bertz CT molecular complexity index is 266. The molecule has 0 aromatic carbocycles. The molecular formula is C8H14N2O5. The largest absolute Gasteiger partial charge is 0.480 e. The summed E-state index contributed by atoms with van der Waals surface area (Å²) in [6.07, 6.45) is 0. The second-order valence-corrected chi connectivity index (χ2v) is 3.02. The van der Waals surface area contributed by atoms with Crippen LogP contribution in [0.3, 0.4) is 0 Å². The van der Waals surface area contributed by atoms with Crippen molar-refractivity contribution in [2.45, 2.75) is 13.0 Å². The van der Waals surface area contributed by atoms with Gasteiger partial charge in [-0.05, 0) is 0 Å². The molecule has 0 saturated carbocycles. The number of carboxylic acid groups (broad SMARTS) is 1. The van der Waals surface area contributed by atoms with Crippen LogP contribution in [-0.4, -0.2) is 59.1 Å². The van der Waals surface area contributed by atoms with Crippen LogP contribution in [0.5, 0.6) is 0 Å². The minimum absolute atomic E-state index is 0.237. The lowest BCUT2D eigenvalue weighted by Gasteiger charge is -2.16. The smallest absolute Gasteiger partial charge is 0.328 e. The average molecular weight is 218 g/mol. The molecule has 7 heteroatoms. The molecular weight excluding hydrogens is 204 g/mol. The average Bonchev–Trinajstić information content (AvgIpc) is 2.13. The SMILES string of the molecule is CC(=O)N(C)CC(=O)N[C@@H](CO)C(=O)O. The van der Waals surface area contributed by atoms with E-state index in [1.54, 1.807) is 0 Å². The molecule has 0 unspecified atom stereocenters. The van der Waals surface area contributed by atoms with Crippen molar-refractivity contribution in [1.29, 1.82) is 0 Å². The Balaban J connectivity index is 4.13. The Morgan fingerprint density at radius 2 is 1.93 bits per heavy atom. The molecule has 0 spiro atoms. The minimum atomic E-state index is -1.34. The number of carboxylic acids is 1. The maximum absolute atomic E-state index is 11.2. The molecule has 0 aliphatic heterocycles. The zero-order chi connectivity index (χ0) is 12.0. The van der Waals surface area contributed by atoms with E-state index in [2.05, 4.69) is 5.32 Å². The van der Waals surface area contributed by atoms with Crippen LogP contribution in [-0.2, 0) is 14.4 Å². The van der Waals surface area contributed by atoms with Gasteiger partial charge < -0.3 is 20.4 Å². The molecule has 0 heterocycles. The Labute approximate surface area is 86.7 Å². The van der Waals surface area contributed by atoms with E-state index in [1.165, 1.54) is 14.0 Å². The minimum Gasteiger partial charge on any atom is -0.480 e. The summed E-state index contributed by atoms with van der Waals surface area (Å²) in [4.78, 5) is 33.5. The molecule has 0 rings (SSSR count). The molecule has 0 saturated heterocycles. The van der Waals surface area contributed by atoms with E-state index in [-0.39, 0.29) is 12.5 Å². The lowest BCUT2D eigenvalue weighted by Crippen LogP contribution is -2.47. The third-order valence-electron chi connectivity index (χ3n) is 1.73. The number of hydrogen-bond acceptors (Lipinski definition) is 4. The van der Waals surface area contributed by atoms with Crippen LogP contribution in [0, 0.1) is 0 Å². The highest BCUT2D eigenvalue weighted by molar-refractivity contribution is 5.87. The Kier molecular flexibility index (Phi) is 5.32. The van der Waals surface area contributed by atoms with Crippen LogP contribution >= 0.6 is 0 Å². The summed E-state index contributed by atoms with van der Waals surface area (Å²) >= 11 is 0. The van der Waals surface area contributed by atoms with Gasteiger partial charge in [0.05, 0.1) is 13.2 Å². The van der Waals surface area contributed by atoms with Crippen LogP contribution < -0.4 is 5.32 Å². The standard InChI is InChI=1S/C8H14N2O5/c1-5(12)10(2)3-7(13)9-6(4-11)8(14)15/h6,11H,3-4H2,1-2H3,(H,9,13)(H,14,15)/t6-/m0/s1. The number of aliphatic hydroxyl groups is 1. The highest BCUT2D eigenvalue weighted by atomic mass is 16.4. The lowest BCUT2D eigenvalue weighted by molar-refractivity contribution is -0.143. The first-order valence-electron chi connectivity index (χ1n) is 4.23. The van der Waals surface area contributed by atoms with Gasteiger partial charge in [-0.25, -0.2) is 4.79 Å². The topological polar surface area (TPSA) is 107 Å². The van der Waals surface area contributed by atoms with Crippen molar-refractivity contribution in [2.75, 3.05) is 20.2 Å². The van der Waals surface area contributed by atoms with Crippen LogP contribution in [0.4, 0.5) is 0 Å². The molecule has 1 atom stereocenters. The second-order valence-electron chi connectivity index (χ2n) is 3.02. The van der Waals surface area contributed by atoms with Crippen LogP contribution in [0.2, 0.25) is 0 Å². The molecule has 0 aliphatic carbocycles. The van der Waals surface area contributed by atoms with E-state index >= 15 is 0 Å². The lowest BCUT2D eigenvalue weighted by atomic mass is 10.3. The quantitative estimate of drug-likeness (QED) is 0.496. The zero-order valence-electron chi connectivity index (χ0n) is 8.56. The van der Waals surface area contributed by atoms with E-state index in [0.717, 1.165) is 4.90 Å². The normalized spacial score (nSPS) is 11.7. The molecule has 86 valence electrons. The number of aliphatic hydroxyl groups excluding tert-OH is 1. The van der Waals surface area contributed by atoms with Crippen molar-refractivity contribution in [3.05, 3.63) is 0 Å². The monoisotopic (exact) mass is 218 g/mol. The first kappa shape index (κ1) is 13.4. The number of aliphatic carboxylic acids is 1. The third-order valence-corrected chi connectivity index (χ3v) is 1.73. The van der Waals surface area contributed by atoms with Gasteiger partial charge in [-0.15, -0.1) is 0 Å². The number of hydrogen-bond donors (Lipinski definition) is 3. The molecule has 0 bridgehead atoms. The Morgan fingerprint density at radius 3 is 2.27 bits per heavy atom. The molecule has 0 radical (unpaired) electrons. The van der Waals surface area contributed by atoms with E-state index < -0.39 is 24.5 Å². The van der Waals surface area contributed by atoms with Crippen molar-refractivity contribution < 1.29 is 24.6 Å². The first-order chi connectivity index (χ1) is 6.88. The number of carbonyl (C=O) groups is 3. The van der Waals surface area contributed by atoms with Gasteiger partial charge >= 0.3 is 5.97 Å². The molecule has 0 aromatic heterocycles. The summed E-state index contributed by atoms with van der Waals surface area (Å²) in [6, 6.07) is -1.34. The zero-order valence-corrected chi connectivity index (χ0v) is 8.56. The van der Waals surface area contributed by atoms with Crippen LogP contribution in [0.25, 0.3) is 0 Å². The maximum atomic E-state index is 11.2. The number of amides is 2. The van der Waals surface area contributed by atoms with Crippen molar-refractivity contribution in [3.63, 3.8) is 0 Å². The Hall–Kier alpha value is -1.63. The first-order valence-corrected chi connectivity index (χ1v) is 4.23. The van der Waals surface area contributed by atoms with E-state index in [9.17, 15) is 14.4 Å². The molecule has 0 aromatic rings. The van der Waals surface area contributed by atoms with E-state index in [4.69, 9.17) is 10.2 Å². The molecule has 7 nitrogen and oxygen atoms in total. The van der Waals surface area contributed by atoms with Gasteiger partial charge in [0.15, 0.2) is 0 Å². The van der Waals surface area contributed by atoms with Gasteiger partial charge in [0.1, 0.15) is 6.04 Å². The molecule has 3 N–H and O–H groups in total. The predicted octanol–water partition coefficient (Wildman–Crippen LogP) is -1.97. The van der Waals surface area contributed by atoms with E-state index in [1.807, 2.05) is 0 Å². The molecule has 15 heavy (non-hydrogen) atoms.